The molecule has 1 aliphatic heterocycles. The molecule has 0 bridgehead atoms. The number of halogens is 3. The Morgan fingerprint density at radius 1 is 1.00 bits per heavy atom. The molecular formula is C13H17F3N2O4S2. The van der Waals surface area contributed by atoms with E-state index in [1.165, 1.54) is 11.2 Å². The Hall–Kier alpha value is -1.17. The Bertz CT molecular complexity index is 799. The molecule has 1 aromatic rings. The Morgan fingerprint density at radius 2 is 1.54 bits per heavy atom. The maximum atomic E-state index is 12.7. The second-order valence-electron chi connectivity index (χ2n) is 5.23. The van der Waals surface area contributed by atoms with Crippen molar-refractivity contribution in [3.8, 4) is 0 Å². The Morgan fingerprint density at radius 3 is 2.04 bits per heavy atom. The van der Waals surface area contributed by atoms with Gasteiger partial charge < -0.3 is 0 Å². The summed E-state index contributed by atoms with van der Waals surface area (Å²) in [6.45, 7) is 1.25. The minimum atomic E-state index is -4.64. The van der Waals surface area contributed by atoms with Crippen molar-refractivity contribution in [3.05, 3.63) is 29.8 Å². The van der Waals surface area contributed by atoms with Crippen LogP contribution in [0.5, 0.6) is 0 Å². The van der Waals surface area contributed by atoms with Crippen LogP contribution in [-0.4, -0.2) is 57.4 Å². The van der Waals surface area contributed by atoms with Crippen LogP contribution < -0.4 is 0 Å². The number of hydrogen-bond acceptors (Lipinski definition) is 4. The standard InChI is InChI=1S/C13H17F3N2O4S2/c1-2-23(19,20)17-6-8-18(9-7-17)24(21,22)12-5-3-4-11(10-12)13(14,15)16/h3-5,10H,2,6-9H2,1H3. The Kier molecular flexibility index (Phi) is 5.28. The van der Waals surface area contributed by atoms with E-state index in [2.05, 4.69) is 0 Å². The zero-order valence-corrected chi connectivity index (χ0v) is 14.5. The number of piperazine rings is 1. The molecule has 11 heteroatoms. The van der Waals surface area contributed by atoms with Gasteiger partial charge in [-0.1, -0.05) is 6.07 Å². The molecule has 136 valence electrons. The molecule has 1 aliphatic rings. The smallest absolute Gasteiger partial charge is 0.212 e. The number of alkyl halides is 3. The van der Waals surface area contributed by atoms with Gasteiger partial charge in [0.25, 0.3) is 0 Å². The van der Waals surface area contributed by atoms with Gasteiger partial charge in [-0.05, 0) is 25.1 Å². The number of benzene rings is 1. The molecular weight excluding hydrogens is 369 g/mol. The molecule has 0 aliphatic carbocycles. The van der Waals surface area contributed by atoms with E-state index in [9.17, 15) is 30.0 Å². The van der Waals surface area contributed by atoms with Crippen LogP contribution >= 0.6 is 0 Å². The first-order valence-electron chi connectivity index (χ1n) is 7.13. The monoisotopic (exact) mass is 386 g/mol. The minimum Gasteiger partial charge on any atom is -0.212 e. The van der Waals surface area contributed by atoms with Crippen LogP contribution in [0.25, 0.3) is 0 Å². The summed E-state index contributed by atoms with van der Waals surface area (Å²) in [5.41, 5.74) is -1.05. The SMILES string of the molecule is CCS(=O)(=O)N1CCN(S(=O)(=O)c2cccc(C(F)(F)F)c2)CC1. The first-order valence-corrected chi connectivity index (χ1v) is 10.2. The summed E-state index contributed by atoms with van der Waals surface area (Å²) in [5, 5.41) is 0. The Labute approximate surface area is 139 Å². The first kappa shape index (κ1) is 19.2. The zero-order chi connectivity index (χ0) is 18.2. The summed E-state index contributed by atoms with van der Waals surface area (Å²) in [6.07, 6.45) is -4.64. The van der Waals surface area contributed by atoms with E-state index < -0.39 is 36.7 Å². The van der Waals surface area contributed by atoms with Gasteiger partial charge in [-0.3, -0.25) is 0 Å². The van der Waals surface area contributed by atoms with E-state index in [1.54, 1.807) is 0 Å². The zero-order valence-electron chi connectivity index (χ0n) is 12.8. The molecule has 1 fully saturated rings. The molecule has 1 heterocycles. The maximum absolute atomic E-state index is 12.7. The van der Waals surface area contributed by atoms with Crippen molar-refractivity contribution >= 4 is 20.0 Å². The lowest BCUT2D eigenvalue weighted by atomic mass is 10.2. The Balaban J connectivity index is 2.21. The van der Waals surface area contributed by atoms with E-state index in [0.29, 0.717) is 6.07 Å². The van der Waals surface area contributed by atoms with E-state index >= 15 is 0 Å². The molecule has 2 rings (SSSR count). The van der Waals surface area contributed by atoms with Crippen molar-refractivity contribution in [2.45, 2.75) is 18.0 Å². The third kappa shape index (κ3) is 3.90. The van der Waals surface area contributed by atoms with Crippen molar-refractivity contribution in [3.63, 3.8) is 0 Å². The second-order valence-corrected chi connectivity index (χ2v) is 9.42. The average Bonchev–Trinajstić information content (AvgIpc) is 2.54. The predicted molar refractivity (Wildman–Crippen MR) is 81.2 cm³/mol. The fourth-order valence-electron chi connectivity index (χ4n) is 2.35. The van der Waals surface area contributed by atoms with Gasteiger partial charge in [-0.2, -0.15) is 21.8 Å². The molecule has 24 heavy (non-hydrogen) atoms. The molecule has 0 unspecified atom stereocenters. The van der Waals surface area contributed by atoms with Crippen LogP contribution in [0, 0.1) is 0 Å². The van der Waals surface area contributed by atoms with Gasteiger partial charge in [-0.15, -0.1) is 0 Å². The van der Waals surface area contributed by atoms with Crippen molar-refractivity contribution in [2.24, 2.45) is 0 Å². The number of rotatable bonds is 4. The molecule has 0 saturated carbocycles. The summed E-state index contributed by atoms with van der Waals surface area (Å²) in [4.78, 5) is -0.455. The molecule has 0 radical (unpaired) electrons. The van der Waals surface area contributed by atoms with Crippen molar-refractivity contribution in [1.29, 1.82) is 0 Å². The highest BCUT2D eigenvalue weighted by Crippen LogP contribution is 2.31. The first-order chi connectivity index (χ1) is 11.0. The van der Waals surface area contributed by atoms with Gasteiger partial charge in [-0.25, -0.2) is 16.8 Å². The van der Waals surface area contributed by atoms with Crippen LogP contribution in [0.2, 0.25) is 0 Å². The van der Waals surface area contributed by atoms with E-state index in [0.717, 1.165) is 22.5 Å². The van der Waals surface area contributed by atoms with Crippen molar-refractivity contribution < 1.29 is 30.0 Å². The van der Waals surface area contributed by atoms with Gasteiger partial charge in [0.05, 0.1) is 16.2 Å². The lowest BCUT2D eigenvalue weighted by Crippen LogP contribution is -2.50. The van der Waals surface area contributed by atoms with Crippen LogP contribution in [0.1, 0.15) is 12.5 Å². The topological polar surface area (TPSA) is 74.8 Å². The van der Waals surface area contributed by atoms with Gasteiger partial charge in [0.15, 0.2) is 0 Å². The molecule has 6 nitrogen and oxygen atoms in total. The third-order valence-corrected chi connectivity index (χ3v) is 7.53. The highest BCUT2D eigenvalue weighted by molar-refractivity contribution is 7.89. The van der Waals surface area contributed by atoms with Gasteiger partial charge >= 0.3 is 6.18 Å². The fourth-order valence-corrected chi connectivity index (χ4v) is 4.91. The normalized spacial score (nSPS) is 18.7. The van der Waals surface area contributed by atoms with Gasteiger partial charge in [0.1, 0.15) is 0 Å². The summed E-state index contributed by atoms with van der Waals surface area (Å²) in [7, 11) is -7.53. The van der Waals surface area contributed by atoms with Gasteiger partial charge in [0, 0.05) is 26.2 Å². The second kappa shape index (κ2) is 6.62. The summed E-state index contributed by atoms with van der Waals surface area (Å²) < 4.78 is 88.9. The average molecular weight is 386 g/mol. The van der Waals surface area contributed by atoms with Gasteiger partial charge in [0.2, 0.25) is 20.0 Å². The van der Waals surface area contributed by atoms with E-state index in [-0.39, 0.29) is 31.9 Å². The van der Waals surface area contributed by atoms with Crippen molar-refractivity contribution in [1.82, 2.24) is 8.61 Å². The molecule has 0 N–H and O–H groups in total. The minimum absolute atomic E-state index is 0.0195. The van der Waals surface area contributed by atoms with E-state index in [4.69, 9.17) is 0 Å². The third-order valence-electron chi connectivity index (χ3n) is 3.75. The number of sulfonamides is 2. The maximum Gasteiger partial charge on any atom is 0.416 e. The lowest BCUT2D eigenvalue weighted by Gasteiger charge is -2.33. The number of hydrogen-bond donors (Lipinski definition) is 0. The summed E-state index contributed by atoms with van der Waals surface area (Å²) >= 11 is 0. The molecule has 0 atom stereocenters. The fraction of sp³-hybridized carbons (Fsp3) is 0.538. The quantitative estimate of drug-likeness (QED) is 0.783. The summed E-state index contributed by atoms with van der Waals surface area (Å²) in [6, 6.07) is 3.52. The largest absolute Gasteiger partial charge is 0.416 e. The summed E-state index contributed by atoms with van der Waals surface area (Å²) in [5.74, 6) is -0.0899. The predicted octanol–water partition coefficient (Wildman–Crippen LogP) is 1.36. The van der Waals surface area contributed by atoms with Crippen molar-refractivity contribution in [2.75, 3.05) is 31.9 Å². The van der Waals surface area contributed by atoms with E-state index in [1.807, 2.05) is 0 Å². The molecule has 0 aromatic heterocycles. The lowest BCUT2D eigenvalue weighted by molar-refractivity contribution is -0.137. The van der Waals surface area contributed by atoms with Crippen LogP contribution in [0.4, 0.5) is 13.2 Å². The van der Waals surface area contributed by atoms with Crippen LogP contribution in [0.15, 0.2) is 29.2 Å². The highest BCUT2D eigenvalue weighted by atomic mass is 32.2. The highest BCUT2D eigenvalue weighted by Gasteiger charge is 2.35. The van der Waals surface area contributed by atoms with Crippen LogP contribution in [0.3, 0.4) is 0 Å². The molecule has 1 aromatic carbocycles. The molecule has 1 saturated heterocycles. The number of nitrogens with zero attached hydrogens (tertiary/aromatic N) is 2. The molecule has 0 amide bonds. The van der Waals surface area contributed by atoms with Crippen LogP contribution in [-0.2, 0) is 26.2 Å². The molecule has 0 spiro atoms.